The monoisotopic (exact) mass is 219 g/mol. The van der Waals surface area contributed by atoms with E-state index in [4.69, 9.17) is 0 Å². The summed E-state index contributed by atoms with van der Waals surface area (Å²) in [5.41, 5.74) is 0.0578. The second-order valence-corrected chi connectivity index (χ2v) is 6.34. The molecule has 86 valence electrons. The van der Waals surface area contributed by atoms with Gasteiger partial charge in [-0.25, -0.2) is 0 Å². The number of carboxylic acids is 1. The topological polar surface area (TPSA) is 40.5 Å². The number of aliphatic carboxylic acids is 1. The van der Waals surface area contributed by atoms with Gasteiger partial charge >= 0.3 is 0 Å². The molecule has 0 aromatic carbocycles. The Morgan fingerprint density at radius 1 is 1.25 bits per heavy atom. The first-order valence-electron chi connectivity index (χ1n) is 5.88. The molecule has 0 amide bonds. The Balaban J connectivity index is 4.88. The standard InChI is InChI=1S/C8H22B5NO2/c1-7(2,3)14(13)5(10)4(9)8(11,12)6(15)16/h4-5H,9-13H2,1-3H3,(H,15,16). The third-order valence-corrected chi connectivity index (χ3v) is 4.08. The fraction of sp³-hybridized carbons (Fsp3) is 0.875. The molecule has 0 fully saturated rings. The minimum absolute atomic E-state index is 0.0578. The molecule has 8 heteroatoms. The second kappa shape index (κ2) is 4.95. The van der Waals surface area contributed by atoms with Crippen molar-refractivity contribution in [3.63, 3.8) is 0 Å². The Morgan fingerprint density at radius 3 is 1.88 bits per heavy atom. The van der Waals surface area contributed by atoms with E-state index in [-0.39, 0.29) is 17.3 Å². The van der Waals surface area contributed by atoms with E-state index in [9.17, 15) is 9.90 Å². The minimum Gasteiger partial charge on any atom is -0.482 e. The molecule has 0 bridgehead atoms. The predicted octanol–water partition coefficient (Wildman–Crippen LogP) is -3.52. The quantitative estimate of drug-likeness (QED) is 0.498. The van der Waals surface area contributed by atoms with Crippen LogP contribution in [0.4, 0.5) is 0 Å². The number of rotatable bonds is 4. The van der Waals surface area contributed by atoms with Crippen LogP contribution in [0.15, 0.2) is 0 Å². The van der Waals surface area contributed by atoms with Crippen molar-refractivity contribution in [3.05, 3.63) is 0 Å². The van der Waals surface area contributed by atoms with Gasteiger partial charge in [-0.2, -0.15) is 0 Å². The normalized spacial score (nSPS) is 17.0. The van der Waals surface area contributed by atoms with Crippen LogP contribution in [0.5, 0.6) is 0 Å². The van der Waals surface area contributed by atoms with Crippen molar-refractivity contribution in [1.82, 2.24) is 4.81 Å². The van der Waals surface area contributed by atoms with Gasteiger partial charge in [0.05, 0.1) is 0 Å². The Morgan fingerprint density at radius 2 is 1.62 bits per heavy atom. The summed E-state index contributed by atoms with van der Waals surface area (Å²) >= 11 is 0. The molecule has 0 rings (SSSR count). The van der Waals surface area contributed by atoms with E-state index in [0.29, 0.717) is 0 Å². The summed E-state index contributed by atoms with van der Waals surface area (Å²) in [7, 11) is 9.76. The molecule has 0 aliphatic carbocycles. The highest BCUT2D eigenvalue weighted by molar-refractivity contribution is 6.54. The summed E-state index contributed by atoms with van der Waals surface area (Å²) in [5, 5.41) is 8.53. The molecule has 0 radical (unpaired) electrons. The third kappa shape index (κ3) is 3.37. The van der Waals surface area contributed by atoms with Gasteiger partial charge in [0.2, 0.25) is 0 Å². The zero-order valence-corrected chi connectivity index (χ0v) is 12.0. The van der Waals surface area contributed by atoms with Gasteiger partial charge < -0.3 is 9.92 Å². The summed E-state index contributed by atoms with van der Waals surface area (Å²) in [5.74, 6) is -0.408. The van der Waals surface area contributed by atoms with Gasteiger partial charge in [-0.1, -0.05) is 5.82 Å². The Hall–Kier alpha value is -0.245. The summed E-state index contributed by atoms with van der Waals surface area (Å²) < 4.78 is 0. The lowest BCUT2D eigenvalue weighted by Gasteiger charge is -2.44. The van der Waals surface area contributed by atoms with Gasteiger partial charge in [0.1, 0.15) is 31.4 Å². The molecule has 0 aliphatic rings. The summed E-state index contributed by atoms with van der Waals surface area (Å²) in [6.07, 6.45) is 0. The SMILES string of the molecule is BC(C(B)C(B)(B)C(=O)O)N(B)C(C)(C)C. The second-order valence-electron chi connectivity index (χ2n) is 6.34. The molecule has 0 aliphatic heterocycles. The average molecular weight is 218 g/mol. The summed E-state index contributed by atoms with van der Waals surface area (Å²) in [6.45, 7) is 6.43. The first kappa shape index (κ1) is 15.8. The van der Waals surface area contributed by atoms with Crippen molar-refractivity contribution in [2.24, 2.45) is 0 Å². The Kier molecular flexibility index (Phi) is 4.87. The van der Waals surface area contributed by atoms with Crippen LogP contribution < -0.4 is 0 Å². The highest BCUT2D eigenvalue weighted by atomic mass is 16.4. The van der Waals surface area contributed by atoms with E-state index in [2.05, 4.69) is 41.4 Å². The number of nitrogens with zero attached hydrogens (tertiary/aromatic N) is 1. The van der Waals surface area contributed by atoms with Crippen molar-refractivity contribution in [2.75, 3.05) is 0 Å². The zero-order chi connectivity index (χ0) is 13.3. The molecule has 2 atom stereocenters. The van der Waals surface area contributed by atoms with Crippen LogP contribution in [0.3, 0.4) is 0 Å². The van der Waals surface area contributed by atoms with Crippen LogP contribution in [0.1, 0.15) is 20.8 Å². The largest absolute Gasteiger partial charge is 0.482 e. The van der Waals surface area contributed by atoms with Gasteiger partial charge in [-0.15, -0.1) is 0 Å². The van der Waals surface area contributed by atoms with E-state index in [1.807, 2.05) is 7.85 Å². The van der Waals surface area contributed by atoms with Crippen molar-refractivity contribution >= 4 is 45.3 Å². The van der Waals surface area contributed by atoms with Crippen LogP contribution in [0, 0.1) is 0 Å². The van der Waals surface area contributed by atoms with Crippen molar-refractivity contribution in [2.45, 2.75) is 43.3 Å². The fourth-order valence-corrected chi connectivity index (χ4v) is 1.74. The lowest BCUT2D eigenvalue weighted by molar-refractivity contribution is -0.138. The molecule has 0 spiro atoms. The zero-order valence-electron chi connectivity index (χ0n) is 12.0. The molecule has 3 nitrogen and oxygen atoms in total. The summed E-state index contributed by atoms with van der Waals surface area (Å²) in [6, 6.07) is 0. The molecule has 0 aromatic rings. The maximum atomic E-state index is 11.2. The predicted molar refractivity (Wildman–Crippen MR) is 82.2 cm³/mol. The van der Waals surface area contributed by atoms with E-state index in [0.717, 1.165) is 0 Å². The molecule has 0 saturated carbocycles. The molecule has 0 heterocycles. The molecule has 0 saturated heterocycles. The van der Waals surface area contributed by atoms with E-state index in [1.54, 1.807) is 15.7 Å². The molecule has 16 heavy (non-hydrogen) atoms. The van der Waals surface area contributed by atoms with E-state index < -0.39 is 11.2 Å². The third-order valence-electron chi connectivity index (χ3n) is 4.08. The number of carbonyl (C=O) groups is 1. The number of hydrogen-bond donors (Lipinski definition) is 1. The number of hydrogen-bond acceptors (Lipinski definition) is 2. The molecular weight excluding hydrogens is 196 g/mol. The maximum absolute atomic E-state index is 11.2. The van der Waals surface area contributed by atoms with Crippen LogP contribution >= 0.6 is 0 Å². The van der Waals surface area contributed by atoms with Crippen LogP contribution in [0.2, 0.25) is 11.0 Å². The van der Waals surface area contributed by atoms with Gasteiger partial charge in [0.25, 0.3) is 5.97 Å². The van der Waals surface area contributed by atoms with E-state index in [1.165, 1.54) is 0 Å². The highest BCUT2D eigenvalue weighted by Crippen LogP contribution is 2.35. The lowest BCUT2D eigenvalue weighted by atomic mass is 9.40. The van der Waals surface area contributed by atoms with Crippen LogP contribution in [-0.2, 0) is 4.79 Å². The van der Waals surface area contributed by atoms with Crippen molar-refractivity contribution in [1.29, 1.82) is 0 Å². The molecular formula is C8H22B5NO2. The summed E-state index contributed by atoms with van der Waals surface area (Å²) in [4.78, 5) is 13.5. The molecule has 2 unspecified atom stereocenters. The van der Waals surface area contributed by atoms with Gasteiger partial charge in [-0.05, 0) is 26.7 Å². The van der Waals surface area contributed by atoms with Gasteiger partial charge in [-0.3, -0.25) is 4.79 Å². The first-order valence-corrected chi connectivity index (χ1v) is 5.88. The van der Waals surface area contributed by atoms with Gasteiger partial charge in [0, 0.05) is 10.8 Å². The minimum atomic E-state index is -0.728. The van der Waals surface area contributed by atoms with Crippen molar-refractivity contribution in [3.8, 4) is 0 Å². The molecule has 0 aromatic heterocycles. The highest BCUT2D eigenvalue weighted by Gasteiger charge is 2.38. The fourth-order valence-electron chi connectivity index (χ4n) is 1.74. The number of carboxylic acid groups (broad SMARTS) is 1. The van der Waals surface area contributed by atoms with Crippen LogP contribution in [0.25, 0.3) is 0 Å². The maximum Gasteiger partial charge on any atom is 0.293 e. The lowest BCUT2D eigenvalue weighted by Crippen LogP contribution is -2.52. The van der Waals surface area contributed by atoms with Crippen molar-refractivity contribution < 1.29 is 9.90 Å². The van der Waals surface area contributed by atoms with Gasteiger partial charge in [0.15, 0.2) is 7.98 Å². The first-order chi connectivity index (χ1) is 6.92. The Labute approximate surface area is 104 Å². The van der Waals surface area contributed by atoms with Crippen LogP contribution in [-0.4, -0.2) is 66.7 Å². The Bertz CT molecular complexity index is 266. The molecule has 1 N–H and O–H groups in total. The van der Waals surface area contributed by atoms with E-state index >= 15 is 0 Å². The smallest absolute Gasteiger partial charge is 0.293 e. The average Bonchev–Trinajstić information content (AvgIpc) is 2.12.